The van der Waals surface area contributed by atoms with Crippen LogP contribution < -0.4 is 10.7 Å². The number of benzene rings is 1. The Morgan fingerprint density at radius 2 is 2.09 bits per heavy atom. The van der Waals surface area contributed by atoms with Crippen LogP contribution in [0.1, 0.15) is 24.0 Å². The molecule has 0 saturated carbocycles. The van der Waals surface area contributed by atoms with Crippen LogP contribution in [0.25, 0.3) is 0 Å². The molecule has 7 heteroatoms. The molecule has 0 spiro atoms. The Balaban J connectivity index is 1.85. The van der Waals surface area contributed by atoms with Gasteiger partial charge in [0.1, 0.15) is 5.71 Å². The maximum Gasteiger partial charge on any atom is 0.355 e. The van der Waals surface area contributed by atoms with Crippen LogP contribution in [0.2, 0.25) is 0 Å². The molecule has 0 fully saturated rings. The molecule has 116 valence electrons. The molecule has 1 aromatic carbocycles. The summed E-state index contributed by atoms with van der Waals surface area (Å²) in [4.78, 5) is 34.4. The van der Waals surface area contributed by atoms with Gasteiger partial charge in [0, 0.05) is 18.5 Å². The molecule has 2 amide bonds. The fourth-order valence-electron chi connectivity index (χ4n) is 1.98. The summed E-state index contributed by atoms with van der Waals surface area (Å²) in [6, 6.07) is 5.63. The normalized spacial score (nSPS) is 13.9. The van der Waals surface area contributed by atoms with Gasteiger partial charge in [0.2, 0.25) is 5.91 Å². The van der Waals surface area contributed by atoms with E-state index in [1.807, 2.05) is 26.0 Å². The second-order valence-corrected chi connectivity index (χ2v) is 5.04. The summed E-state index contributed by atoms with van der Waals surface area (Å²) in [7, 11) is 0. The van der Waals surface area contributed by atoms with E-state index in [4.69, 9.17) is 4.74 Å². The first-order valence-corrected chi connectivity index (χ1v) is 6.85. The molecule has 0 aliphatic carbocycles. The minimum absolute atomic E-state index is 0.110. The van der Waals surface area contributed by atoms with Gasteiger partial charge in [-0.2, -0.15) is 5.10 Å². The van der Waals surface area contributed by atoms with E-state index < -0.39 is 18.5 Å². The average molecular weight is 303 g/mol. The van der Waals surface area contributed by atoms with Crippen LogP contribution in [0.3, 0.4) is 0 Å². The number of carbonyl (C=O) groups excluding carboxylic acids is 3. The highest BCUT2D eigenvalue weighted by Crippen LogP contribution is 2.15. The minimum atomic E-state index is -0.698. The minimum Gasteiger partial charge on any atom is -0.451 e. The lowest BCUT2D eigenvalue weighted by Crippen LogP contribution is -2.32. The van der Waals surface area contributed by atoms with Crippen LogP contribution in [0.5, 0.6) is 0 Å². The topological polar surface area (TPSA) is 96.9 Å². The summed E-state index contributed by atoms with van der Waals surface area (Å²) in [6.07, 6.45) is 0.395. The van der Waals surface area contributed by atoms with E-state index in [0.29, 0.717) is 5.69 Å². The highest BCUT2D eigenvalue weighted by molar-refractivity contribution is 6.37. The predicted octanol–water partition coefficient (Wildman–Crippen LogP) is 1.05. The number of nitrogens with one attached hydrogen (secondary N) is 2. The zero-order chi connectivity index (χ0) is 16.1. The van der Waals surface area contributed by atoms with E-state index in [0.717, 1.165) is 11.1 Å². The van der Waals surface area contributed by atoms with Gasteiger partial charge in [-0.1, -0.05) is 17.7 Å². The maximum atomic E-state index is 11.8. The summed E-state index contributed by atoms with van der Waals surface area (Å²) < 4.78 is 4.88. The van der Waals surface area contributed by atoms with Crippen molar-refractivity contribution in [3.8, 4) is 0 Å². The van der Waals surface area contributed by atoms with Crippen molar-refractivity contribution in [2.24, 2.45) is 5.10 Å². The van der Waals surface area contributed by atoms with Gasteiger partial charge in [0.15, 0.2) is 6.61 Å². The summed E-state index contributed by atoms with van der Waals surface area (Å²) in [6.45, 7) is 3.44. The Morgan fingerprint density at radius 1 is 1.32 bits per heavy atom. The van der Waals surface area contributed by atoms with Crippen molar-refractivity contribution >= 4 is 29.2 Å². The van der Waals surface area contributed by atoms with Crippen LogP contribution in [0.4, 0.5) is 5.69 Å². The highest BCUT2D eigenvalue weighted by atomic mass is 16.5. The molecule has 0 radical (unpaired) electrons. The standard InChI is InChI=1S/C15H17N3O4/c1-9-3-4-11(10(2)7-9)16-14(20)8-22-15(21)12-5-6-13(19)18-17-12/h3-4,7H,5-6,8H2,1-2H3,(H,16,20)(H,18,19). The highest BCUT2D eigenvalue weighted by Gasteiger charge is 2.20. The molecule has 0 saturated heterocycles. The van der Waals surface area contributed by atoms with Crippen molar-refractivity contribution in [2.45, 2.75) is 26.7 Å². The largest absolute Gasteiger partial charge is 0.451 e. The maximum absolute atomic E-state index is 11.8. The third-order valence-corrected chi connectivity index (χ3v) is 3.13. The number of ether oxygens (including phenoxy) is 1. The second kappa shape index (κ2) is 6.84. The van der Waals surface area contributed by atoms with Crippen molar-refractivity contribution in [3.63, 3.8) is 0 Å². The average Bonchev–Trinajstić information content (AvgIpc) is 2.48. The van der Waals surface area contributed by atoms with E-state index in [-0.39, 0.29) is 24.5 Å². The van der Waals surface area contributed by atoms with Crippen molar-refractivity contribution in [3.05, 3.63) is 29.3 Å². The van der Waals surface area contributed by atoms with Gasteiger partial charge in [-0.15, -0.1) is 0 Å². The third kappa shape index (κ3) is 4.15. The molecule has 7 nitrogen and oxygen atoms in total. The number of amides is 2. The summed E-state index contributed by atoms with van der Waals surface area (Å²) in [5.74, 6) is -1.37. The van der Waals surface area contributed by atoms with Crippen LogP contribution >= 0.6 is 0 Å². The molecule has 1 aliphatic rings. The van der Waals surface area contributed by atoms with Gasteiger partial charge in [0.05, 0.1) is 0 Å². The number of anilines is 1. The number of rotatable bonds is 4. The Kier molecular flexibility index (Phi) is 4.88. The molecular weight excluding hydrogens is 286 g/mol. The van der Waals surface area contributed by atoms with E-state index in [2.05, 4.69) is 15.8 Å². The molecule has 1 heterocycles. The van der Waals surface area contributed by atoms with E-state index in [9.17, 15) is 14.4 Å². The first-order valence-electron chi connectivity index (χ1n) is 6.85. The van der Waals surface area contributed by atoms with E-state index in [1.54, 1.807) is 6.07 Å². The summed E-state index contributed by atoms with van der Waals surface area (Å²) >= 11 is 0. The van der Waals surface area contributed by atoms with Crippen LogP contribution in [-0.4, -0.2) is 30.1 Å². The van der Waals surface area contributed by atoms with Crippen molar-refractivity contribution in [1.82, 2.24) is 5.43 Å². The molecule has 2 rings (SSSR count). The lowest BCUT2D eigenvalue weighted by Gasteiger charge is -2.12. The fourth-order valence-corrected chi connectivity index (χ4v) is 1.98. The Bertz CT molecular complexity index is 652. The molecule has 0 bridgehead atoms. The Morgan fingerprint density at radius 3 is 2.73 bits per heavy atom. The fraction of sp³-hybridized carbons (Fsp3) is 0.333. The van der Waals surface area contributed by atoms with Crippen LogP contribution in [0.15, 0.2) is 23.3 Å². The number of aryl methyl sites for hydroxylation is 2. The zero-order valence-corrected chi connectivity index (χ0v) is 12.4. The first-order chi connectivity index (χ1) is 10.5. The Labute approximate surface area is 127 Å². The molecule has 1 aliphatic heterocycles. The molecular formula is C15H17N3O4. The van der Waals surface area contributed by atoms with Crippen molar-refractivity contribution < 1.29 is 19.1 Å². The lowest BCUT2D eigenvalue weighted by molar-refractivity contribution is -0.140. The molecule has 1 aromatic rings. The van der Waals surface area contributed by atoms with Gasteiger partial charge >= 0.3 is 5.97 Å². The number of carbonyl (C=O) groups is 3. The number of hydrogen-bond acceptors (Lipinski definition) is 5. The molecule has 0 unspecified atom stereocenters. The van der Waals surface area contributed by atoms with Gasteiger partial charge in [-0.25, -0.2) is 10.2 Å². The number of esters is 1. The summed E-state index contributed by atoms with van der Waals surface area (Å²) in [5.41, 5.74) is 5.01. The SMILES string of the molecule is Cc1ccc(NC(=O)COC(=O)C2=NNC(=O)CC2)c(C)c1. The lowest BCUT2D eigenvalue weighted by atomic mass is 10.1. The van der Waals surface area contributed by atoms with Crippen molar-refractivity contribution in [1.29, 1.82) is 0 Å². The van der Waals surface area contributed by atoms with Gasteiger partial charge in [-0.3, -0.25) is 9.59 Å². The zero-order valence-electron chi connectivity index (χ0n) is 12.4. The van der Waals surface area contributed by atoms with E-state index >= 15 is 0 Å². The van der Waals surface area contributed by atoms with Crippen LogP contribution in [0, 0.1) is 13.8 Å². The molecule has 22 heavy (non-hydrogen) atoms. The molecule has 2 N–H and O–H groups in total. The van der Waals surface area contributed by atoms with Crippen molar-refractivity contribution in [2.75, 3.05) is 11.9 Å². The molecule has 0 aromatic heterocycles. The number of hydrogen-bond donors (Lipinski definition) is 2. The first kappa shape index (κ1) is 15.7. The number of hydrazone groups is 1. The Hall–Kier alpha value is -2.70. The van der Waals surface area contributed by atoms with Gasteiger partial charge < -0.3 is 10.1 Å². The number of nitrogens with zero attached hydrogens (tertiary/aromatic N) is 1. The van der Waals surface area contributed by atoms with Crippen LogP contribution in [-0.2, 0) is 19.1 Å². The van der Waals surface area contributed by atoms with Gasteiger partial charge in [-0.05, 0) is 25.5 Å². The summed E-state index contributed by atoms with van der Waals surface area (Å²) in [5, 5.41) is 6.28. The quantitative estimate of drug-likeness (QED) is 0.812. The smallest absolute Gasteiger partial charge is 0.355 e. The third-order valence-electron chi connectivity index (χ3n) is 3.13. The second-order valence-electron chi connectivity index (χ2n) is 5.04. The monoisotopic (exact) mass is 303 g/mol. The van der Waals surface area contributed by atoms with E-state index in [1.165, 1.54) is 0 Å². The predicted molar refractivity (Wildman–Crippen MR) is 80.3 cm³/mol. The molecule has 0 atom stereocenters. The van der Waals surface area contributed by atoms with Gasteiger partial charge in [0.25, 0.3) is 5.91 Å².